The van der Waals surface area contributed by atoms with Gasteiger partial charge in [0.2, 0.25) is 0 Å². The predicted molar refractivity (Wildman–Crippen MR) is 106 cm³/mol. The van der Waals surface area contributed by atoms with E-state index in [0.717, 1.165) is 43.9 Å². The van der Waals surface area contributed by atoms with Crippen molar-refractivity contribution in [2.75, 3.05) is 37.6 Å². The second-order valence-corrected chi connectivity index (χ2v) is 7.24. The lowest BCUT2D eigenvalue weighted by atomic mass is 10.1. The number of benzene rings is 2. The minimum absolute atomic E-state index is 0.0312. The van der Waals surface area contributed by atoms with Gasteiger partial charge in [0.05, 0.1) is 44.7 Å². The van der Waals surface area contributed by atoms with Crippen molar-refractivity contribution >= 4 is 17.4 Å². The van der Waals surface area contributed by atoms with Crippen LogP contribution in [0, 0.1) is 0 Å². The number of amidine groups is 1. The van der Waals surface area contributed by atoms with E-state index in [1.54, 1.807) is 4.68 Å². The van der Waals surface area contributed by atoms with Gasteiger partial charge in [-0.2, -0.15) is 10.1 Å². The van der Waals surface area contributed by atoms with Gasteiger partial charge in [-0.25, -0.2) is 0 Å². The van der Waals surface area contributed by atoms with Gasteiger partial charge in [-0.15, -0.1) is 0 Å². The summed E-state index contributed by atoms with van der Waals surface area (Å²) in [6.07, 6.45) is 0.515. The lowest BCUT2D eigenvalue weighted by Gasteiger charge is -2.33. The summed E-state index contributed by atoms with van der Waals surface area (Å²) in [5.41, 5.74) is 12.6. The van der Waals surface area contributed by atoms with Crippen LogP contribution in [0.25, 0.3) is 0 Å². The summed E-state index contributed by atoms with van der Waals surface area (Å²) in [6, 6.07) is 18.5. The molecule has 2 aliphatic heterocycles. The molecule has 1 amide bonds. The molecule has 0 unspecified atom stereocenters. The molecule has 4 rings (SSSR count). The van der Waals surface area contributed by atoms with Crippen LogP contribution in [-0.2, 0) is 11.3 Å². The molecule has 4 N–H and O–H groups in total. The van der Waals surface area contributed by atoms with Gasteiger partial charge in [0.15, 0.2) is 0 Å². The largest absolute Gasteiger partial charge is 0.360 e. The summed E-state index contributed by atoms with van der Waals surface area (Å²) in [5.74, 6) is 0.659. The van der Waals surface area contributed by atoms with Crippen LogP contribution >= 0.6 is 0 Å². The van der Waals surface area contributed by atoms with E-state index in [9.17, 15) is 4.79 Å². The average molecular weight is 365 g/mol. The molecule has 1 fully saturated rings. The van der Waals surface area contributed by atoms with E-state index in [2.05, 4.69) is 34.6 Å². The Morgan fingerprint density at radius 2 is 1.78 bits per heavy atom. The zero-order valence-electron chi connectivity index (χ0n) is 15.5. The van der Waals surface area contributed by atoms with Crippen LogP contribution in [0.5, 0.6) is 0 Å². The third kappa shape index (κ3) is 3.95. The highest BCUT2D eigenvalue weighted by atomic mass is 16.2. The number of carbonyl (C=O) groups excluding carboxylic acids is 1. The van der Waals surface area contributed by atoms with Crippen LogP contribution in [0.3, 0.4) is 0 Å². The number of hydrogen-bond acceptors (Lipinski definition) is 3. The monoisotopic (exact) mass is 365 g/mol. The Balaban J connectivity index is 1.23. The van der Waals surface area contributed by atoms with Crippen molar-refractivity contribution < 1.29 is 14.4 Å². The van der Waals surface area contributed by atoms with E-state index >= 15 is 0 Å². The quantitative estimate of drug-likeness (QED) is 0.640. The van der Waals surface area contributed by atoms with Gasteiger partial charge >= 0.3 is 0 Å². The van der Waals surface area contributed by atoms with Gasteiger partial charge in [0.1, 0.15) is 6.54 Å². The summed E-state index contributed by atoms with van der Waals surface area (Å²) in [4.78, 5) is 16.3. The van der Waals surface area contributed by atoms with E-state index in [0.29, 0.717) is 18.8 Å². The summed E-state index contributed by atoms with van der Waals surface area (Å²) in [6.45, 7) is 5.68. The second kappa shape index (κ2) is 7.80. The standard InChI is InChI=1S/C21H25N5O/c22-21-19-9-5-4-6-17(19)16-26(21)23-20(27)10-11-24-12-14-25(15-13-24)18-7-2-1-3-8-18/h1-9,22H,10-16H2,(H,23,27)/p+2. The van der Waals surface area contributed by atoms with Gasteiger partial charge in [-0.3, -0.25) is 10.5 Å². The van der Waals surface area contributed by atoms with E-state index in [4.69, 9.17) is 5.73 Å². The van der Waals surface area contributed by atoms with Crippen LogP contribution < -0.4 is 21.0 Å². The maximum absolute atomic E-state index is 12.4. The number of piperazine rings is 1. The number of nitrogens with one attached hydrogen (secondary N) is 2. The fourth-order valence-electron chi connectivity index (χ4n) is 3.88. The van der Waals surface area contributed by atoms with Crippen LogP contribution in [0.1, 0.15) is 17.5 Å². The molecule has 0 aliphatic carbocycles. The maximum Gasteiger partial charge on any atom is 0.299 e. The molecule has 0 saturated carbocycles. The number of nitrogens with zero attached hydrogens (tertiary/aromatic N) is 2. The fraction of sp³-hybridized carbons (Fsp3) is 0.333. The fourth-order valence-corrected chi connectivity index (χ4v) is 3.88. The number of hydrazine groups is 1. The average Bonchev–Trinajstić information content (AvgIpc) is 3.03. The highest BCUT2D eigenvalue weighted by Gasteiger charge is 2.26. The second-order valence-electron chi connectivity index (χ2n) is 7.24. The molecule has 2 aromatic carbocycles. The Kier molecular flexibility index (Phi) is 5.07. The molecule has 0 radical (unpaired) electrons. The van der Waals surface area contributed by atoms with Crippen LogP contribution in [0.15, 0.2) is 54.6 Å². The summed E-state index contributed by atoms with van der Waals surface area (Å²) >= 11 is 0. The Morgan fingerprint density at radius 1 is 1.07 bits per heavy atom. The van der Waals surface area contributed by atoms with Crippen molar-refractivity contribution in [2.24, 2.45) is 5.73 Å². The first-order valence-corrected chi connectivity index (χ1v) is 9.62. The Bertz CT molecular complexity index is 841. The van der Waals surface area contributed by atoms with E-state index in [-0.39, 0.29) is 5.91 Å². The first kappa shape index (κ1) is 17.5. The van der Waals surface area contributed by atoms with E-state index in [1.807, 2.05) is 30.3 Å². The smallest absolute Gasteiger partial charge is 0.299 e. The number of quaternary nitrogens is 1. The minimum atomic E-state index is 0.0312. The first-order valence-electron chi connectivity index (χ1n) is 9.62. The van der Waals surface area contributed by atoms with Crippen LogP contribution in [0.2, 0.25) is 0 Å². The lowest BCUT2D eigenvalue weighted by molar-refractivity contribution is -0.900. The number of hydrogen-bond donors (Lipinski definition) is 3. The molecule has 2 heterocycles. The molecule has 2 aromatic rings. The molecule has 0 spiro atoms. The maximum atomic E-state index is 12.4. The normalized spacial score (nSPS) is 17.1. The number of rotatable bonds is 5. The van der Waals surface area contributed by atoms with Crippen molar-refractivity contribution in [3.8, 4) is 0 Å². The number of anilines is 1. The molecular formula is C21H27N5O+2. The molecule has 0 bridgehead atoms. The van der Waals surface area contributed by atoms with Crippen molar-refractivity contribution in [1.29, 1.82) is 0 Å². The summed E-state index contributed by atoms with van der Waals surface area (Å²) in [7, 11) is 0. The summed E-state index contributed by atoms with van der Waals surface area (Å²) in [5, 5.41) is 0. The number of amides is 1. The number of carbonyl (C=O) groups is 1. The lowest BCUT2D eigenvalue weighted by Crippen LogP contribution is -3.15. The Morgan fingerprint density at radius 3 is 2.52 bits per heavy atom. The third-order valence-electron chi connectivity index (χ3n) is 5.47. The van der Waals surface area contributed by atoms with Gasteiger partial charge in [0.25, 0.3) is 11.7 Å². The van der Waals surface area contributed by atoms with Gasteiger partial charge in [0, 0.05) is 11.3 Å². The van der Waals surface area contributed by atoms with Crippen molar-refractivity contribution in [1.82, 2.24) is 5.43 Å². The Labute approximate surface area is 159 Å². The molecular weight excluding hydrogens is 338 g/mol. The molecule has 27 heavy (non-hydrogen) atoms. The van der Waals surface area contributed by atoms with Crippen molar-refractivity contribution in [3.05, 3.63) is 65.7 Å². The number of para-hydroxylation sites is 1. The predicted octanol–water partition coefficient (Wildman–Crippen LogP) is -0.256. The molecule has 140 valence electrons. The molecule has 0 aromatic heterocycles. The van der Waals surface area contributed by atoms with Crippen molar-refractivity contribution in [2.45, 2.75) is 13.0 Å². The SMILES string of the molecule is NC1=[N+](NC(=O)CC[NH+]2CCN(c3ccccc3)CC2)Cc2ccccc21. The third-order valence-corrected chi connectivity index (χ3v) is 5.47. The highest BCUT2D eigenvalue weighted by Crippen LogP contribution is 2.15. The van der Waals surface area contributed by atoms with Gasteiger partial charge < -0.3 is 9.80 Å². The Hall–Kier alpha value is -2.86. The number of nitrogens with two attached hydrogens (primary N) is 1. The first-order chi connectivity index (χ1) is 13.2. The molecule has 6 nitrogen and oxygen atoms in total. The van der Waals surface area contributed by atoms with Crippen LogP contribution in [0.4, 0.5) is 5.69 Å². The molecule has 1 saturated heterocycles. The minimum Gasteiger partial charge on any atom is -0.360 e. The summed E-state index contributed by atoms with van der Waals surface area (Å²) < 4.78 is 1.76. The highest BCUT2D eigenvalue weighted by molar-refractivity contribution is 5.96. The molecule has 0 atom stereocenters. The van der Waals surface area contributed by atoms with Gasteiger partial charge in [-0.05, 0) is 18.2 Å². The number of hydrazone groups is 1. The number of fused-ring (bicyclic) bond motifs is 1. The zero-order valence-corrected chi connectivity index (χ0v) is 15.5. The molecule has 6 heteroatoms. The van der Waals surface area contributed by atoms with Gasteiger partial charge in [-0.1, -0.05) is 36.4 Å². The van der Waals surface area contributed by atoms with Crippen molar-refractivity contribution in [3.63, 3.8) is 0 Å². The molecule has 2 aliphatic rings. The van der Waals surface area contributed by atoms with E-state index in [1.165, 1.54) is 10.6 Å². The van der Waals surface area contributed by atoms with Crippen LogP contribution in [-0.4, -0.2) is 49.2 Å². The zero-order chi connectivity index (χ0) is 18.6. The van der Waals surface area contributed by atoms with E-state index < -0.39 is 0 Å². The topological polar surface area (TPSA) is 65.8 Å².